The fourth-order valence-corrected chi connectivity index (χ4v) is 1.78. The van der Waals surface area contributed by atoms with Crippen LogP contribution in [-0.2, 0) is 9.59 Å². The van der Waals surface area contributed by atoms with Crippen LogP contribution in [0.3, 0.4) is 0 Å². The summed E-state index contributed by atoms with van der Waals surface area (Å²) < 4.78 is 0. The van der Waals surface area contributed by atoms with Gasteiger partial charge in [-0.25, -0.2) is 4.79 Å². The molecule has 90 valence electrons. The van der Waals surface area contributed by atoms with Crippen LogP contribution >= 0.6 is 0 Å². The minimum atomic E-state index is -0.694. The molecule has 1 N–H and O–H groups in total. The lowest BCUT2D eigenvalue weighted by atomic mass is 9.97. The van der Waals surface area contributed by atoms with Crippen LogP contribution in [0, 0.1) is 5.92 Å². The fraction of sp³-hybridized carbons (Fsp3) is 0.727. The van der Waals surface area contributed by atoms with Gasteiger partial charge in [-0.1, -0.05) is 19.8 Å². The van der Waals surface area contributed by atoms with E-state index in [-0.39, 0.29) is 11.9 Å². The molecule has 0 radical (unpaired) electrons. The van der Waals surface area contributed by atoms with Crippen LogP contribution in [0.4, 0.5) is 4.79 Å². The Morgan fingerprint density at radius 3 is 2.44 bits per heavy atom. The van der Waals surface area contributed by atoms with Crippen LogP contribution < -0.4 is 5.32 Å². The van der Waals surface area contributed by atoms with Gasteiger partial charge in [0.05, 0.1) is 0 Å². The number of imide groups is 2. The molecule has 0 bridgehead atoms. The van der Waals surface area contributed by atoms with Gasteiger partial charge in [0.15, 0.2) is 0 Å². The molecule has 0 aliphatic carbocycles. The summed E-state index contributed by atoms with van der Waals surface area (Å²) in [5, 5.41) is 2.23. The monoisotopic (exact) mass is 226 g/mol. The standard InChI is InChI=1S/C11H18N2O3/c1-4-5-6-8-9(14)12-11(16)13(7(2)3)10(8)15/h7-8H,4-6H2,1-3H3,(H,12,14,16). The van der Waals surface area contributed by atoms with Crippen molar-refractivity contribution in [3.63, 3.8) is 0 Å². The zero-order valence-electron chi connectivity index (χ0n) is 9.95. The molecule has 0 aromatic heterocycles. The summed E-state index contributed by atoms with van der Waals surface area (Å²) in [7, 11) is 0. The molecule has 0 aromatic rings. The number of carbonyl (C=O) groups is 3. The number of carbonyl (C=O) groups excluding carboxylic acids is 3. The van der Waals surface area contributed by atoms with E-state index in [1.165, 1.54) is 0 Å². The van der Waals surface area contributed by atoms with Crippen molar-refractivity contribution >= 4 is 17.8 Å². The molecule has 16 heavy (non-hydrogen) atoms. The Morgan fingerprint density at radius 1 is 1.31 bits per heavy atom. The second-order valence-corrected chi connectivity index (χ2v) is 4.29. The van der Waals surface area contributed by atoms with Crippen LogP contribution in [0.25, 0.3) is 0 Å². The predicted molar refractivity (Wildman–Crippen MR) is 58.5 cm³/mol. The van der Waals surface area contributed by atoms with Gasteiger partial charge < -0.3 is 0 Å². The van der Waals surface area contributed by atoms with Crippen LogP contribution in [0.15, 0.2) is 0 Å². The van der Waals surface area contributed by atoms with Crippen LogP contribution in [0.5, 0.6) is 0 Å². The average Bonchev–Trinajstić information content (AvgIpc) is 2.16. The number of hydrogen-bond acceptors (Lipinski definition) is 3. The molecular formula is C11H18N2O3. The number of nitrogens with zero attached hydrogens (tertiary/aromatic N) is 1. The Morgan fingerprint density at radius 2 is 1.94 bits per heavy atom. The smallest absolute Gasteiger partial charge is 0.277 e. The van der Waals surface area contributed by atoms with E-state index < -0.39 is 17.9 Å². The number of hydrogen-bond donors (Lipinski definition) is 1. The summed E-state index contributed by atoms with van der Waals surface area (Å²) in [6.45, 7) is 5.50. The lowest BCUT2D eigenvalue weighted by Gasteiger charge is -2.32. The highest BCUT2D eigenvalue weighted by atomic mass is 16.2. The van der Waals surface area contributed by atoms with Crippen molar-refractivity contribution < 1.29 is 14.4 Å². The summed E-state index contributed by atoms with van der Waals surface area (Å²) in [6, 6.07) is -0.817. The summed E-state index contributed by atoms with van der Waals surface area (Å²) in [4.78, 5) is 36.0. The van der Waals surface area contributed by atoms with Gasteiger partial charge in [0, 0.05) is 6.04 Å². The average molecular weight is 226 g/mol. The zero-order chi connectivity index (χ0) is 12.3. The maximum Gasteiger partial charge on any atom is 0.331 e. The van der Waals surface area contributed by atoms with Gasteiger partial charge in [0.25, 0.3) is 0 Å². The van der Waals surface area contributed by atoms with E-state index in [0.717, 1.165) is 17.7 Å². The molecule has 0 saturated carbocycles. The van der Waals surface area contributed by atoms with Crippen LogP contribution in [0.1, 0.15) is 40.0 Å². The Hall–Kier alpha value is -1.39. The SMILES string of the molecule is CCCCC1C(=O)NC(=O)N(C(C)C)C1=O. The van der Waals surface area contributed by atoms with Crippen molar-refractivity contribution in [3.8, 4) is 0 Å². The van der Waals surface area contributed by atoms with Crippen molar-refractivity contribution in [1.82, 2.24) is 10.2 Å². The second-order valence-electron chi connectivity index (χ2n) is 4.29. The lowest BCUT2D eigenvalue weighted by molar-refractivity contribution is -0.143. The van der Waals surface area contributed by atoms with Crippen molar-refractivity contribution in [2.24, 2.45) is 5.92 Å². The fourth-order valence-electron chi connectivity index (χ4n) is 1.78. The predicted octanol–water partition coefficient (Wildman–Crippen LogP) is 1.28. The third kappa shape index (κ3) is 2.40. The number of amides is 4. The van der Waals surface area contributed by atoms with Gasteiger partial charge in [-0.2, -0.15) is 0 Å². The first-order chi connectivity index (χ1) is 7.49. The topological polar surface area (TPSA) is 66.5 Å². The van der Waals surface area contributed by atoms with Gasteiger partial charge in [-0.15, -0.1) is 0 Å². The first-order valence-corrected chi connectivity index (χ1v) is 5.67. The Kier molecular flexibility index (Phi) is 4.04. The lowest BCUT2D eigenvalue weighted by Crippen LogP contribution is -2.59. The molecule has 4 amide bonds. The van der Waals surface area contributed by atoms with Gasteiger partial charge in [-0.3, -0.25) is 19.8 Å². The summed E-state index contributed by atoms with van der Waals surface area (Å²) in [5.41, 5.74) is 0. The van der Waals surface area contributed by atoms with E-state index >= 15 is 0 Å². The Bertz CT molecular complexity index is 312. The number of nitrogens with one attached hydrogen (secondary N) is 1. The molecule has 1 atom stereocenters. The van der Waals surface area contributed by atoms with E-state index in [2.05, 4.69) is 5.32 Å². The molecule has 0 spiro atoms. The highest BCUT2D eigenvalue weighted by Gasteiger charge is 2.40. The maximum absolute atomic E-state index is 11.9. The van der Waals surface area contributed by atoms with Crippen molar-refractivity contribution in [2.75, 3.05) is 0 Å². The largest absolute Gasteiger partial charge is 0.331 e. The molecular weight excluding hydrogens is 208 g/mol. The Balaban J connectivity index is 2.81. The van der Waals surface area contributed by atoms with Gasteiger partial charge >= 0.3 is 6.03 Å². The minimum absolute atomic E-state index is 0.218. The molecule has 0 aromatic carbocycles. The quantitative estimate of drug-likeness (QED) is 0.734. The third-order valence-corrected chi connectivity index (χ3v) is 2.66. The second kappa shape index (κ2) is 5.09. The number of urea groups is 1. The molecule has 1 rings (SSSR count). The zero-order valence-corrected chi connectivity index (χ0v) is 9.95. The van der Waals surface area contributed by atoms with Crippen LogP contribution in [0.2, 0.25) is 0 Å². The first kappa shape index (κ1) is 12.7. The third-order valence-electron chi connectivity index (χ3n) is 2.66. The van der Waals surface area contributed by atoms with Crippen LogP contribution in [-0.4, -0.2) is 28.8 Å². The van der Waals surface area contributed by atoms with Crippen molar-refractivity contribution in [1.29, 1.82) is 0 Å². The minimum Gasteiger partial charge on any atom is -0.277 e. The molecule has 1 saturated heterocycles. The molecule has 1 heterocycles. The number of rotatable bonds is 4. The number of unbranched alkanes of at least 4 members (excludes halogenated alkanes) is 1. The Labute approximate surface area is 95.2 Å². The molecule has 1 unspecified atom stereocenters. The van der Waals surface area contributed by atoms with Crippen molar-refractivity contribution in [3.05, 3.63) is 0 Å². The van der Waals surface area contributed by atoms with E-state index in [9.17, 15) is 14.4 Å². The normalized spacial score (nSPS) is 21.6. The van der Waals surface area contributed by atoms with E-state index in [1.54, 1.807) is 13.8 Å². The highest BCUT2D eigenvalue weighted by Crippen LogP contribution is 2.18. The summed E-state index contributed by atoms with van der Waals surface area (Å²) in [6.07, 6.45) is 2.24. The van der Waals surface area contributed by atoms with Gasteiger partial charge in [0.1, 0.15) is 5.92 Å². The molecule has 1 aliphatic rings. The van der Waals surface area contributed by atoms with Crippen molar-refractivity contribution in [2.45, 2.75) is 46.1 Å². The first-order valence-electron chi connectivity index (χ1n) is 5.67. The number of barbiturate groups is 1. The van der Waals surface area contributed by atoms with Gasteiger partial charge in [-0.05, 0) is 20.3 Å². The molecule has 1 fully saturated rings. The maximum atomic E-state index is 11.9. The van der Waals surface area contributed by atoms with E-state index in [4.69, 9.17) is 0 Å². The highest BCUT2D eigenvalue weighted by molar-refractivity contribution is 6.16. The summed E-state index contributed by atoms with van der Waals surface area (Å²) >= 11 is 0. The summed E-state index contributed by atoms with van der Waals surface area (Å²) in [5.74, 6) is -1.52. The molecule has 1 aliphatic heterocycles. The molecule has 5 heteroatoms. The van der Waals surface area contributed by atoms with E-state index in [1.807, 2.05) is 6.92 Å². The molecule has 5 nitrogen and oxygen atoms in total. The van der Waals surface area contributed by atoms with E-state index in [0.29, 0.717) is 6.42 Å². The van der Waals surface area contributed by atoms with Gasteiger partial charge in [0.2, 0.25) is 11.8 Å².